The maximum absolute atomic E-state index is 6.07. The fourth-order valence-corrected chi connectivity index (χ4v) is 2.92. The Bertz CT molecular complexity index is 904. The molecule has 0 saturated heterocycles. The number of halogens is 1. The first-order valence-corrected chi connectivity index (χ1v) is 7.20. The van der Waals surface area contributed by atoms with Gasteiger partial charge in [-0.2, -0.15) is 0 Å². The van der Waals surface area contributed by atoms with Crippen molar-refractivity contribution in [1.29, 1.82) is 0 Å². The molecule has 3 N–H and O–H groups in total. The van der Waals surface area contributed by atoms with Crippen LogP contribution >= 0.6 is 11.6 Å². The van der Waals surface area contributed by atoms with Gasteiger partial charge < -0.3 is 5.32 Å². The van der Waals surface area contributed by atoms with Crippen molar-refractivity contribution in [3.05, 3.63) is 59.1 Å². The Morgan fingerprint density at radius 1 is 1.00 bits per heavy atom. The van der Waals surface area contributed by atoms with Crippen molar-refractivity contribution in [3.63, 3.8) is 0 Å². The highest BCUT2D eigenvalue weighted by molar-refractivity contribution is 6.31. The summed E-state index contributed by atoms with van der Waals surface area (Å²) >= 11 is 6.07. The third kappa shape index (κ3) is 2.06. The highest BCUT2D eigenvalue weighted by Crippen LogP contribution is 2.39. The average Bonchev–Trinajstić information content (AvgIpc) is 2.98. The molecule has 1 heterocycles. The van der Waals surface area contributed by atoms with Gasteiger partial charge in [-0.05, 0) is 48.2 Å². The van der Waals surface area contributed by atoms with Gasteiger partial charge in [-0.25, -0.2) is 0 Å². The van der Waals surface area contributed by atoms with Crippen molar-refractivity contribution in [2.45, 2.75) is 6.92 Å². The van der Waals surface area contributed by atoms with Gasteiger partial charge in [0.05, 0.1) is 5.69 Å². The lowest BCUT2D eigenvalue weighted by Crippen LogP contribution is -1.91. The number of aromatic amines is 2. The number of rotatable bonds is 2. The topological polar surface area (TPSA) is 43.6 Å². The zero-order valence-corrected chi connectivity index (χ0v) is 12.3. The Balaban J connectivity index is 1.79. The first-order valence-electron chi connectivity index (χ1n) is 6.83. The van der Waals surface area contributed by atoms with Crippen molar-refractivity contribution in [3.8, 4) is 11.3 Å². The lowest BCUT2D eigenvalue weighted by Gasteiger charge is -2.05. The van der Waals surface area contributed by atoms with Crippen molar-refractivity contribution in [2.24, 2.45) is 0 Å². The van der Waals surface area contributed by atoms with Crippen LogP contribution in [0.15, 0.2) is 48.5 Å². The predicted molar refractivity (Wildman–Crippen MR) is 88.7 cm³/mol. The molecule has 0 fully saturated rings. The van der Waals surface area contributed by atoms with E-state index < -0.39 is 0 Å². The molecule has 0 unspecified atom stereocenters. The van der Waals surface area contributed by atoms with E-state index in [1.54, 1.807) is 0 Å². The Hall–Kier alpha value is -2.39. The molecular weight excluding hydrogens is 282 g/mol. The van der Waals surface area contributed by atoms with Gasteiger partial charge in [-0.15, -0.1) is 0 Å². The van der Waals surface area contributed by atoms with Crippen LogP contribution < -0.4 is 5.32 Å². The average molecular weight is 296 g/mol. The molecule has 1 aliphatic carbocycles. The number of aromatic nitrogens is 2. The number of aryl methyl sites for hydroxylation is 1. The first-order chi connectivity index (χ1) is 10.2. The molecule has 2 aliphatic rings. The second kappa shape index (κ2) is 4.57. The summed E-state index contributed by atoms with van der Waals surface area (Å²) in [5.74, 6) is 0.961. The third-order valence-electron chi connectivity index (χ3n) is 3.72. The molecule has 1 aliphatic heterocycles. The molecule has 104 valence electrons. The zero-order chi connectivity index (χ0) is 14.4. The van der Waals surface area contributed by atoms with E-state index in [2.05, 4.69) is 46.7 Å². The van der Waals surface area contributed by atoms with Gasteiger partial charge in [0.2, 0.25) is 0 Å². The summed E-state index contributed by atoms with van der Waals surface area (Å²) in [6, 6.07) is 16.4. The van der Waals surface area contributed by atoms with Crippen molar-refractivity contribution in [2.75, 3.05) is 5.32 Å². The van der Waals surface area contributed by atoms with Crippen molar-refractivity contribution < 1.29 is 0 Å². The van der Waals surface area contributed by atoms with E-state index in [1.165, 1.54) is 10.9 Å². The maximum atomic E-state index is 6.07. The van der Waals surface area contributed by atoms with E-state index in [0.717, 1.165) is 33.2 Å². The molecule has 0 radical (unpaired) electrons. The van der Waals surface area contributed by atoms with Gasteiger partial charge in [-0.1, -0.05) is 29.8 Å². The second-order valence-electron chi connectivity index (χ2n) is 5.28. The van der Waals surface area contributed by atoms with Crippen LogP contribution in [0.5, 0.6) is 0 Å². The number of fused-ring (bicyclic) bond motifs is 3. The number of benzene rings is 2. The van der Waals surface area contributed by atoms with Crippen LogP contribution in [0.2, 0.25) is 5.02 Å². The van der Waals surface area contributed by atoms with E-state index >= 15 is 0 Å². The number of hydrogen-bond acceptors (Lipinski definition) is 1. The van der Waals surface area contributed by atoms with Crippen LogP contribution in [0.3, 0.4) is 0 Å². The minimum Gasteiger partial charge on any atom is -0.340 e. The molecule has 0 aromatic heterocycles. The van der Waals surface area contributed by atoms with Gasteiger partial charge >= 0.3 is 0 Å². The predicted octanol–water partition coefficient (Wildman–Crippen LogP) is 5.31. The normalized spacial score (nSPS) is 11.3. The number of nitrogens with one attached hydrogen (secondary N) is 3. The summed E-state index contributed by atoms with van der Waals surface area (Å²) in [7, 11) is 0. The Labute approximate surface area is 127 Å². The van der Waals surface area contributed by atoms with Crippen LogP contribution in [-0.2, 0) is 0 Å². The SMILES string of the molecule is Cc1cccc(Nc2[nH][nH]c3c4ccc(Cl)cc4cc2-3)c1. The van der Waals surface area contributed by atoms with Crippen molar-refractivity contribution >= 4 is 33.9 Å². The van der Waals surface area contributed by atoms with Gasteiger partial charge in [0.15, 0.2) is 0 Å². The monoisotopic (exact) mass is 295 g/mol. The number of H-pyrrole nitrogens is 2. The summed E-state index contributed by atoms with van der Waals surface area (Å²) in [5.41, 5.74) is 4.52. The number of anilines is 2. The van der Waals surface area contributed by atoms with E-state index in [9.17, 15) is 0 Å². The quantitative estimate of drug-likeness (QED) is 0.461. The Kier molecular flexibility index (Phi) is 2.69. The largest absolute Gasteiger partial charge is 0.340 e. The van der Waals surface area contributed by atoms with Crippen LogP contribution in [0, 0.1) is 6.92 Å². The lowest BCUT2D eigenvalue weighted by molar-refractivity contribution is 1.11. The van der Waals surface area contributed by atoms with Gasteiger partial charge in [-0.3, -0.25) is 10.2 Å². The van der Waals surface area contributed by atoms with Crippen molar-refractivity contribution in [1.82, 2.24) is 10.2 Å². The van der Waals surface area contributed by atoms with E-state index in [0.29, 0.717) is 0 Å². The Morgan fingerprint density at radius 2 is 1.90 bits per heavy atom. The summed E-state index contributed by atoms with van der Waals surface area (Å²) < 4.78 is 0. The zero-order valence-electron chi connectivity index (χ0n) is 11.5. The van der Waals surface area contributed by atoms with Crippen LogP contribution in [0.4, 0.5) is 11.5 Å². The molecule has 0 atom stereocenters. The van der Waals surface area contributed by atoms with E-state index in [1.807, 2.05) is 24.3 Å². The smallest absolute Gasteiger partial charge is 0.132 e. The Morgan fingerprint density at radius 3 is 2.76 bits per heavy atom. The molecule has 4 heteroatoms. The molecular formula is C17H14ClN3. The summed E-state index contributed by atoms with van der Waals surface area (Å²) in [6.07, 6.45) is 0. The molecule has 2 aromatic carbocycles. The highest BCUT2D eigenvalue weighted by Gasteiger charge is 2.16. The molecule has 0 saturated carbocycles. The molecule has 21 heavy (non-hydrogen) atoms. The summed E-state index contributed by atoms with van der Waals surface area (Å²) in [6.45, 7) is 2.08. The first kappa shape index (κ1) is 12.4. The minimum atomic E-state index is 0.757. The fraction of sp³-hybridized carbons (Fsp3) is 0.0588. The molecule has 0 bridgehead atoms. The molecule has 3 nitrogen and oxygen atoms in total. The summed E-state index contributed by atoms with van der Waals surface area (Å²) in [4.78, 5) is 0. The standard InChI is InChI=1S/C17H14ClN3/c1-10-3-2-4-13(7-10)19-17-15-9-11-8-12(18)5-6-14(11)16(15)20-21-17/h2-9,19-21H,1H3. The van der Waals surface area contributed by atoms with E-state index in [4.69, 9.17) is 11.6 Å². The third-order valence-corrected chi connectivity index (χ3v) is 3.96. The van der Waals surface area contributed by atoms with Crippen LogP contribution in [-0.4, -0.2) is 10.2 Å². The van der Waals surface area contributed by atoms with Crippen LogP contribution in [0.25, 0.3) is 22.0 Å². The molecule has 4 rings (SSSR count). The van der Waals surface area contributed by atoms with Gasteiger partial charge in [0, 0.05) is 21.7 Å². The highest BCUT2D eigenvalue weighted by atomic mass is 35.5. The second-order valence-corrected chi connectivity index (χ2v) is 5.72. The lowest BCUT2D eigenvalue weighted by atomic mass is 10.2. The number of hydrogen-bond donors (Lipinski definition) is 3. The summed E-state index contributed by atoms with van der Waals surface area (Å²) in [5, 5.41) is 12.9. The fourth-order valence-electron chi connectivity index (χ4n) is 2.74. The van der Waals surface area contributed by atoms with Gasteiger partial charge in [0.1, 0.15) is 5.82 Å². The minimum absolute atomic E-state index is 0.757. The van der Waals surface area contributed by atoms with Crippen LogP contribution in [0.1, 0.15) is 5.56 Å². The molecule has 2 aromatic rings. The molecule has 0 spiro atoms. The van der Waals surface area contributed by atoms with Gasteiger partial charge in [0.25, 0.3) is 0 Å². The maximum Gasteiger partial charge on any atom is 0.132 e. The van der Waals surface area contributed by atoms with E-state index in [-0.39, 0.29) is 0 Å². The molecule has 0 amide bonds.